The van der Waals surface area contributed by atoms with Crippen LogP contribution in [0.25, 0.3) is 11.0 Å². The first-order valence-corrected chi connectivity index (χ1v) is 11.9. The second-order valence-corrected chi connectivity index (χ2v) is 9.57. The lowest BCUT2D eigenvalue weighted by atomic mass is 10.1. The molecule has 158 valence electrons. The number of hydrogen-bond acceptors (Lipinski definition) is 6. The fourth-order valence-corrected chi connectivity index (χ4v) is 4.79. The highest BCUT2D eigenvalue weighted by Gasteiger charge is 2.22. The van der Waals surface area contributed by atoms with Gasteiger partial charge in [0.05, 0.1) is 28.2 Å². The molecule has 0 aliphatic rings. The van der Waals surface area contributed by atoms with Crippen LogP contribution in [0.3, 0.4) is 0 Å². The Hall–Kier alpha value is -2.56. The molecular formula is C20H14Cl2N4O3S2. The lowest BCUT2D eigenvalue weighted by molar-refractivity contribution is -0.115. The fraction of sp³-hybridized carbons (Fsp3) is 0.0500. The van der Waals surface area contributed by atoms with Gasteiger partial charge in [0.15, 0.2) is 15.3 Å². The number of nitrogens with zero attached hydrogens (tertiary/aromatic N) is 2. The first-order valence-electron chi connectivity index (χ1n) is 8.90. The Labute approximate surface area is 193 Å². The maximum absolute atomic E-state index is 12.7. The molecule has 4 aromatic rings. The molecule has 11 heteroatoms. The van der Waals surface area contributed by atoms with E-state index in [1.54, 1.807) is 36.4 Å². The van der Waals surface area contributed by atoms with E-state index in [0.29, 0.717) is 38.0 Å². The number of nitrogens with one attached hydrogen (secondary N) is 2. The average Bonchev–Trinajstić information content (AvgIpc) is 3.21. The summed E-state index contributed by atoms with van der Waals surface area (Å²) in [6.07, 6.45) is 0.101. The van der Waals surface area contributed by atoms with Gasteiger partial charge in [-0.25, -0.2) is 4.72 Å². The van der Waals surface area contributed by atoms with Gasteiger partial charge in [0.1, 0.15) is 16.7 Å². The first-order chi connectivity index (χ1) is 14.8. The van der Waals surface area contributed by atoms with Crippen molar-refractivity contribution in [2.45, 2.75) is 11.3 Å². The molecule has 0 fully saturated rings. The molecule has 0 saturated carbocycles. The Morgan fingerprint density at radius 3 is 2.55 bits per heavy atom. The number of benzene rings is 3. The molecule has 3 aromatic carbocycles. The van der Waals surface area contributed by atoms with Crippen LogP contribution < -0.4 is 10.0 Å². The number of halogens is 2. The maximum Gasteiger partial charge on any atom is 0.228 e. The molecule has 1 amide bonds. The third-order valence-electron chi connectivity index (χ3n) is 4.33. The van der Waals surface area contributed by atoms with Gasteiger partial charge in [0.25, 0.3) is 0 Å². The van der Waals surface area contributed by atoms with Crippen LogP contribution >= 0.6 is 34.9 Å². The standard InChI is InChI=1S/C20H14Cl2N4O3S2/c21-15-9-4-12(10-16(15)22)11-19(27)23-13-5-7-14(8-6-13)31(28,29)26-18-3-1-2-17-20(18)25-30-24-17/h1-10H,11H2,(H2-,23,24,26,27,28,29). The molecule has 1 heterocycles. The number of fused-ring (bicyclic) bond motifs is 1. The molecule has 0 spiro atoms. The van der Waals surface area contributed by atoms with Crippen LogP contribution in [0.15, 0.2) is 65.6 Å². The summed E-state index contributed by atoms with van der Waals surface area (Å²) in [7, 11) is -3.84. The van der Waals surface area contributed by atoms with Crippen LogP contribution in [0.4, 0.5) is 11.4 Å². The summed E-state index contributed by atoms with van der Waals surface area (Å²) < 4.78 is 36.2. The molecule has 31 heavy (non-hydrogen) atoms. The van der Waals surface area contributed by atoms with E-state index in [0.717, 1.165) is 11.7 Å². The summed E-state index contributed by atoms with van der Waals surface area (Å²) in [6.45, 7) is 0. The zero-order valence-corrected chi connectivity index (χ0v) is 18.8. The second kappa shape index (κ2) is 8.89. The Balaban J connectivity index is 1.44. The van der Waals surface area contributed by atoms with Crippen LogP contribution in [0.2, 0.25) is 10.0 Å². The predicted octanol–water partition coefficient (Wildman–Crippen LogP) is 5.20. The Kier molecular flexibility index (Phi) is 6.22. The molecule has 4 rings (SSSR count). The molecule has 0 bridgehead atoms. The van der Waals surface area contributed by atoms with Gasteiger partial charge in [-0.05, 0) is 54.1 Å². The monoisotopic (exact) mass is 492 g/mol. The van der Waals surface area contributed by atoms with Crippen molar-refractivity contribution in [3.8, 4) is 0 Å². The molecule has 0 aliphatic heterocycles. The number of aromatic nitrogens is 2. The van der Waals surface area contributed by atoms with Gasteiger partial charge in [-0.1, -0.05) is 39.5 Å². The van der Waals surface area contributed by atoms with E-state index in [9.17, 15) is 13.6 Å². The highest BCUT2D eigenvalue weighted by atomic mass is 35.5. The summed E-state index contributed by atoms with van der Waals surface area (Å²) in [6, 6.07) is 15.9. The summed E-state index contributed by atoms with van der Waals surface area (Å²) in [5, 5.41) is 3.52. The lowest BCUT2D eigenvalue weighted by Gasteiger charge is -2.16. The molecule has 1 atom stereocenters. The normalized spacial score (nSPS) is 13.0. The van der Waals surface area contributed by atoms with E-state index in [1.165, 1.54) is 24.3 Å². The van der Waals surface area contributed by atoms with Gasteiger partial charge in [0.2, 0.25) is 5.91 Å². The van der Waals surface area contributed by atoms with Crippen LogP contribution in [0.5, 0.6) is 0 Å². The van der Waals surface area contributed by atoms with Crippen LogP contribution in [0.1, 0.15) is 5.56 Å². The molecule has 7 nitrogen and oxygen atoms in total. The van der Waals surface area contributed by atoms with Gasteiger partial charge in [0, 0.05) is 5.69 Å². The average molecular weight is 493 g/mol. The molecule has 0 saturated heterocycles. The zero-order chi connectivity index (χ0) is 22.0. The van der Waals surface area contributed by atoms with Crippen molar-refractivity contribution >= 4 is 73.6 Å². The van der Waals surface area contributed by atoms with Crippen molar-refractivity contribution in [1.82, 2.24) is 8.75 Å². The third-order valence-corrected chi connectivity index (χ3v) is 6.99. The van der Waals surface area contributed by atoms with Crippen molar-refractivity contribution in [2.24, 2.45) is 0 Å². The maximum atomic E-state index is 12.7. The quantitative estimate of drug-likeness (QED) is 0.359. The minimum atomic E-state index is -3.84. The summed E-state index contributed by atoms with van der Waals surface area (Å²) in [5.74, 6) is -0.269. The molecule has 0 aliphatic carbocycles. The number of carbonyl (C=O) groups is 1. The van der Waals surface area contributed by atoms with Crippen molar-refractivity contribution in [3.63, 3.8) is 0 Å². The third kappa shape index (κ3) is 5.03. The lowest BCUT2D eigenvalue weighted by Crippen LogP contribution is -2.21. The summed E-state index contributed by atoms with van der Waals surface area (Å²) >= 11 is 12.9. The van der Waals surface area contributed by atoms with Crippen molar-refractivity contribution in [1.29, 1.82) is 0 Å². The van der Waals surface area contributed by atoms with E-state index in [2.05, 4.69) is 18.8 Å². The highest BCUT2D eigenvalue weighted by Crippen LogP contribution is 2.27. The minimum Gasteiger partial charge on any atom is -0.588 e. The molecule has 1 unspecified atom stereocenters. The number of amides is 1. The first kappa shape index (κ1) is 21.7. The smallest absolute Gasteiger partial charge is 0.228 e. The van der Waals surface area contributed by atoms with Gasteiger partial charge in [-0.15, -0.1) is 0 Å². The summed E-state index contributed by atoms with van der Waals surface area (Å²) in [4.78, 5) is 12.3. The second-order valence-electron chi connectivity index (χ2n) is 6.54. The summed E-state index contributed by atoms with van der Waals surface area (Å²) in [5.41, 5.74) is 2.63. The number of carbonyl (C=O) groups excluding carboxylic acids is 1. The van der Waals surface area contributed by atoms with Gasteiger partial charge in [-0.3, -0.25) is 4.79 Å². The number of sulfonamides is 1. The van der Waals surface area contributed by atoms with Crippen LogP contribution in [-0.2, 0) is 25.8 Å². The predicted molar refractivity (Wildman–Crippen MR) is 123 cm³/mol. The number of anilines is 2. The zero-order valence-electron chi connectivity index (χ0n) is 15.7. The minimum absolute atomic E-state index is 0.0511. The Bertz CT molecular complexity index is 1310. The van der Waals surface area contributed by atoms with Crippen LogP contribution in [0, 0.1) is 0 Å². The van der Waals surface area contributed by atoms with E-state index in [-0.39, 0.29) is 17.2 Å². The number of rotatable bonds is 6. The molecule has 1 aromatic heterocycles. The number of hydrogen-bond donors (Lipinski definition) is 2. The van der Waals surface area contributed by atoms with Crippen molar-refractivity contribution in [3.05, 3.63) is 76.3 Å². The van der Waals surface area contributed by atoms with Gasteiger partial charge < -0.3 is 9.87 Å². The van der Waals surface area contributed by atoms with Crippen LogP contribution in [-0.4, -0.2) is 19.2 Å². The fourth-order valence-electron chi connectivity index (χ4n) is 2.85. The Morgan fingerprint density at radius 2 is 1.81 bits per heavy atom. The Morgan fingerprint density at radius 1 is 1.03 bits per heavy atom. The van der Waals surface area contributed by atoms with Gasteiger partial charge in [-0.2, -0.15) is 8.75 Å². The van der Waals surface area contributed by atoms with E-state index in [4.69, 9.17) is 23.2 Å². The van der Waals surface area contributed by atoms with Crippen molar-refractivity contribution < 1.29 is 13.6 Å². The van der Waals surface area contributed by atoms with Crippen molar-refractivity contribution in [2.75, 3.05) is 10.0 Å². The largest absolute Gasteiger partial charge is 0.588 e. The molecule has 2 N–H and O–H groups in total. The van der Waals surface area contributed by atoms with E-state index >= 15 is 0 Å². The van der Waals surface area contributed by atoms with E-state index in [1.807, 2.05) is 0 Å². The molecule has 0 radical (unpaired) electrons. The van der Waals surface area contributed by atoms with E-state index < -0.39 is 10.4 Å². The van der Waals surface area contributed by atoms with Gasteiger partial charge >= 0.3 is 0 Å². The highest BCUT2D eigenvalue weighted by molar-refractivity contribution is 7.99. The molecular weight excluding hydrogens is 479 g/mol. The topological polar surface area (TPSA) is 107 Å². The SMILES string of the molecule is O=C(Cc1ccc(Cl)c(Cl)c1)Nc1ccc([S+](=O)([O-])Nc2cccc3nsnc23)cc1.